The van der Waals surface area contributed by atoms with Crippen molar-refractivity contribution < 1.29 is 9.64 Å². The molecule has 5 nitrogen and oxygen atoms in total. The Bertz CT molecular complexity index is 914. The van der Waals surface area contributed by atoms with Gasteiger partial charge in [-0.3, -0.25) is 0 Å². The molecule has 0 saturated carbocycles. The molecule has 2 aromatic heterocycles. The van der Waals surface area contributed by atoms with Gasteiger partial charge in [0.2, 0.25) is 0 Å². The molecule has 0 spiro atoms. The van der Waals surface area contributed by atoms with E-state index in [0.717, 1.165) is 60.4 Å². The zero-order valence-electron chi connectivity index (χ0n) is 15.6. The summed E-state index contributed by atoms with van der Waals surface area (Å²) in [7, 11) is 0. The van der Waals surface area contributed by atoms with Crippen LogP contribution in [0, 0.1) is 20.8 Å². The molecule has 0 bridgehead atoms. The highest BCUT2D eigenvalue weighted by Gasteiger charge is 2.19. The van der Waals surface area contributed by atoms with Crippen molar-refractivity contribution in [2.24, 2.45) is 0 Å². The van der Waals surface area contributed by atoms with Gasteiger partial charge in [0.05, 0.1) is 18.6 Å². The molecule has 3 aromatic rings. The van der Waals surface area contributed by atoms with E-state index >= 15 is 0 Å². The van der Waals surface area contributed by atoms with Crippen LogP contribution in [0.2, 0.25) is 0 Å². The van der Waals surface area contributed by atoms with E-state index in [4.69, 9.17) is 14.7 Å². The molecular formula is C20H25N4OS+. The van der Waals surface area contributed by atoms with Gasteiger partial charge in [0, 0.05) is 10.6 Å². The van der Waals surface area contributed by atoms with Gasteiger partial charge >= 0.3 is 0 Å². The number of hydrogen-bond donors (Lipinski definition) is 2. The number of aromatic nitrogens is 2. The standard InChI is InChI=1S/C20H24N4OS/c1-13-4-6-16(7-5-13)21-19-18-14(2)15(3)26-20(18)23-17(22-19)12-24-8-10-25-11-9-24/h4-7H,8-12H2,1-3H3,(H,21,22,23)/p+1. The molecule has 3 heterocycles. The van der Waals surface area contributed by atoms with Gasteiger partial charge in [-0.25, -0.2) is 9.97 Å². The summed E-state index contributed by atoms with van der Waals surface area (Å²) in [6.07, 6.45) is 0. The molecule has 0 atom stereocenters. The second kappa shape index (κ2) is 7.31. The van der Waals surface area contributed by atoms with Gasteiger partial charge in [-0.05, 0) is 38.5 Å². The largest absolute Gasteiger partial charge is 0.370 e. The first kappa shape index (κ1) is 17.4. The lowest BCUT2D eigenvalue weighted by atomic mass is 10.2. The second-order valence-corrected chi connectivity index (χ2v) is 8.19. The van der Waals surface area contributed by atoms with Crippen molar-refractivity contribution in [3.8, 4) is 0 Å². The number of ether oxygens (including phenoxy) is 1. The molecule has 0 unspecified atom stereocenters. The van der Waals surface area contributed by atoms with Gasteiger partial charge in [-0.2, -0.15) is 0 Å². The molecule has 1 fully saturated rings. The number of anilines is 2. The van der Waals surface area contributed by atoms with E-state index in [2.05, 4.69) is 50.4 Å². The Hall–Kier alpha value is -2.02. The molecular weight excluding hydrogens is 344 g/mol. The second-order valence-electron chi connectivity index (χ2n) is 6.98. The molecule has 1 aliphatic heterocycles. The van der Waals surface area contributed by atoms with Crippen LogP contribution in [0.3, 0.4) is 0 Å². The highest BCUT2D eigenvalue weighted by molar-refractivity contribution is 7.18. The van der Waals surface area contributed by atoms with E-state index in [1.165, 1.54) is 20.9 Å². The zero-order chi connectivity index (χ0) is 18.1. The minimum Gasteiger partial charge on any atom is -0.370 e. The van der Waals surface area contributed by atoms with Crippen LogP contribution in [-0.4, -0.2) is 36.3 Å². The van der Waals surface area contributed by atoms with Crippen LogP contribution < -0.4 is 10.2 Å². The first-order chi connectivity index (χ1) is 12.6. The predicted molar refractivity (Wildman–Crippen MR) is 107 cm³/mol. The normalized spacial score (nSPS) is 15.5. The maximum absolute atomic E-state index is 5.47. The summed E-state index contributed by atoms with van der Waals surface area (Å²) in [6, 6.07) is 8.44. The van der Waals surface area contributed by atoms with E-state index in [1.54, 1.807) is 11.3 Å². The quantitative estimate of drug-likeness (QED) is 0.743. The van der Waals surface area contributed by atoms with E-state index in [-0.39, 0.29) is 0 Å². The molecule has 0 amide bonds. The number of rotatable bonds is 4. The van der Waals surface area contributed by atoms with Crippen LogP contribution in [0.25, 0.3) is 10.2 Å². The van der Waals surface area contributed by atoms with Gasteiger partial charge in [-0.1, -0.05) is 17.7 Å². The monoisotopic (exact) mass is 369 g/mol. The van der Waals surface area contributed by atoms with E-state index in [9.17, 15) is 0 Å². The van der Waals surface area contributed by atoms with Crippen molar-refractivity contribution >= 4 is 33.1 Å². The zero-order valence-corrected chi connectivity index (χ0v) is 16.4. The smallest absolute Gasteiger partial charge is 0.187 e. The van der Waals surface area contributed by atoms with Crippen molar-refractivity contribution in [1.82, 2.24) is 9.97 Å². The fourth-order valence-corrected chi connectivity index (χ4v) is 4.35. The first-order valence-electron chi connectivity index (χ1n) is 9.12. The van der Waals surface area contributed by atoms with Crippen molar-refractivity contribution in [2.45, 2.75) is 27.3 Å². The molecule has 1 aromatic carbocycles. The Morgan fingerprint density at radius 2 is 1.81 bits per heavy atom. The van der Waals surface area contributed by atoms with Crippen molar-refractivity contribution in [3.05, 3.63) is 46.1 Å². The van der Waals surface area contributed by atoms with Crippen LogP contribution in [-0.2, 0) is 11.3 Å². The van der Waals surface area contributed by atoms with Gasteiger partial charge in [0.1, 0.15) is 30.3 Å². The predicted octanol–water partition coefficient (Wildman–Crippen LogP) is 2.78. The van der Waals surface area contributed by atoms with Crippen molar-refractivity contribution in [3.63, 3.8) is 0 Å². The average molecular weight is 370 g/mol. The number of aryl methyl sites for hydroxylation is 3. The maximum atomic E-state index is 5.47. The average Bonchev–Trinajstić information content (AvgIpc) is 2.92. The first-order valence-corrected chi connectivity index (χ1v) is 9.93. The maximum Gasteiger partial charge on any atom is 0.187 e. The lowest BCUT2D eigenvalue weighted by molar-refractivity contribution is -0.922. The highest BCUT2D eigenvalue weighted by atomic mass is 32.1. The fraction of sp³-hybridized carbons (Fsp3) is 0.400. The number of hydrogen-bond acceptors (Lipinski definition) is 5. The third kappa shape index (κ3) is 3.58. The van der Waals surface area contributed by atoms with Gasteiger partial charge in [0.15, 0.2) is 5.82 Å². The highest BCUT2D eigenvalue weighted by Crippen LogP contribution is 2.34. The third-order valence-electron chi connectivity index (χ3n) is 5.00. The minimum atomic E-state index is 0.823. The molecule has 0 aliphatic carbocycles. The van der Waals surface area contributed by atoms with Crippen LogP contribution >= 0.6 is 11.3 Å². The summed E-state index contributed by atoms with van der Waals surface area (Å²) < 4.78 is 5.47. The van der Waals surface area contributed by atoms with Crippen LogP contribution in [0.5, 0.6) is 0 Å². The number of thiophene rings is 1. The molecule has 136 valence electrons. The molecule has 1 aliphatic rings. The summed E-state index contributed by atoms with van der Waals surface area (Å²) in [4.78, 5) is 13.6. The van der Waals surface area contributed by atoms with Crippen LogP contribution in [0.4, 0.5) is 11.5 Å². The summed E-state index contributed by atoms with van der Waals surface area (Å²) in [5.41, 5.74) is 3.58. The Balaban J connectivity index is 1.71. The number of morpholine rings is 1. The Kier molecular flexibility index (Phi) is 4.89. The van der Waals surface area contributed by atoms with Gasteiger partial charge < -0.3 is 15.0 Å². The number of nitrogens with zero attached hydrogens (tertiary/aromatic N) is 2. The Morgan fingerprint density at radius 1 is 1.08 bits per heavy atom. The minimum absolute atomic E-state index is 0.823. The molecule has 6 heteroatoms. The van der Waals surface area contributed by atoms with E-state index in [1.807, 2.05) is 0 Å². The number of quaternary nitrogens is 1. The molecule has 26 heavy (non-hydrogen) atoms. The molecule has 1 saturated heterocycles. The Morgan fingerprint density at radius 3 is 2.54 bits per heavy atom. The summed E-state index contributed by atoms with van der Waals surface area (Å²) in [5, 5.41) is 4.67. The van der Waals surface area contributed by atoms with Crippen LogP contribution in [0.1, 0.15) is 21.8 Å². The van der Waals surface area contributed by atoms with Gasteiger partial charge in [0.25, 0.3) is 0 Å². The fourth-order valence-electron chi connectivity index (χ4n) is 3.30. The van der Waals surface area contributed by atoms with E-state index in [0.29, 0.717) is 0 Å². The molecule has 0 radical (unpaired) electrons. The lowest BCUT2D eigenvalue weighted by Gasteiger charge is -2.23. The molecule has 4 rings (SSSR count). The summed E-state index contributed by atoms with van der Waals surface area (Å²) >= 11 is 1.76. The number of fused-ring (bicyclic) bond motifs is 1. The van der Waals surface area contributed by atoms with Gasteiger partial charge in [-0.15, -0.1) is 11.3 Å². The van der Waals surface area contributed by atoms with Crippen LogP contribution in [0.15, 0.2) is 24.3 Å². The SMILES string of the molecule is Cc1ccc(Nc2nc(C[NH+]3CCOCC3)nc3sc(C)c(C)c23)cc1. The topological polar surface area (TPSA) is 51.5 Å². The molecule has 2 N–H and O–H groups in total. The third-order valence-corrected chi connectivity index (χ3v) is 6.10. The van der Waals surface area contributed by atoms with Crippen molar-refractivity contribution in [2.75, 3.05) is 31.6 Å². The Labute approximate surface area is 158 Å². The van der Waals surface area contributed by atoms with E-state index < -0.39 is 0 Å². The van der Waals surface area contributed by atoms with Crippen molar-refractivity contribution in [1.29, 1.82) is 0 Å². The number of benzene rings is 1. The lowest BCUT2D eigenvalue weighted by Crippen LogP contribution is -3.12. The number of nitrogens with one attached hydrogen (secondary N) is 2. The summed E-state index contributed by atoms with van der Waals surface area (Å²) in [6.45, 7) is 10.9. The summed E-state index contributed by atoms with van der Waals surface area (Å²) in [5.74, 6) is 1.83.